The number of nitrogens with zero attached hydrogens (tertiary/aromatic N) is 2. The fourth-order valence-corrected chi connectivity index (χ4v) is 2.59. The highest BCUT2D eigenvalue weighted by atomic mass is 14.3. The van der Waals surface area contributed by atoms with Gasteiger partial charge >= 0.3 is 0 Å². The summed E-state index contributed by atoms with van der Waals surface area (Å²) in [7, 11) is 0. The number of nitriles is 2. The lowest BCUT2D eigenvalue weighted by molar-refractivity contribution is 0.271. The maximum atomic E-state index is 8.65. The van der Waals surface area contributed by atoms with E-state index in [-0.39, 0.29) is 5.57 Å². The largest absolute Gasteiger partial charge is 0.192 e. The minimum atomic E-state index is 0.231. The summed E-state index contributed by atoms with van der Waals surface area (Å²) >= 11 is 0. The summed E-state index contributed by atoms with van der Waals surface area (Å²) in [5.74, 6) is 0.473. The zero-order valence-corrected chi connectivity index (χ0v) is 10.2. The first kappa shape index (κ1) is 12.5. The maximum absolute atomic E-state index is 8.65. The smallest absolute Gasteiger partial charge is 0.125 e. The zero-order valence-electron chi connectivity index (χ0n) is 10.2. The van der Waals surface area contributed by atoms with Gasteiger partial charge in [0, 0.05) is 0 Å². The molecule has 0 bridgehead atoms. The number of rotatable bonds is 2. The van der Waals surface area contributed by atoms with E-state index in [0.717, 1.165) is 19.3 Å². The fraction of sp³-hybridized carbons (Fsp3) is 0.571. The van der Waals surface area contributed by atoms with Crippen LogP contribution in [0.25, 0.3) is 0 Å². The van der Waals surface area contributed by atoms with E-state index in [9.17, 15) is 0 Å². The van der Waals surface area contributed by atoms with E-state index in [0.29, 0.717) is 11.3 Å². The second kappa shape index (κ2) is 4.99. The van der Waals surface area contributed by atoms with Gasteiger partial charge in [0.2, 0.25) is 0 Å². The van der Waals surface area contributed by atoms with Gasteiger partial charge in [-0.1, -0.05) is 31.6 Å². The predicted molar refractivity (Wildman–Crippen MR) is 64.2 cm³/mol. The maximum Gasteiger partial charge on any atom is 0.125 e. The molecule has 0 aliphatic heterocycles. The molecule has 0 saturated carbocycles. The van der Waals surface area contributed by atoms with Gasteiger partial charge < -0.3 is 0 Å². The van der Waals surface area contributed by atoms with Crippen molar-refractivity contribution in [1.29, 1.82) is 10.5 Å². The van der Waals surface area contributed by atoms with Crippen LogP contribution >= 0.6 is 0 Å². The molecule has 0 amide bonds. The molecule has 0 aromatic carbocycles. The van der Waals surface area contributed by atoms with Gasteiger partial charge in [-0.2, -0.15) is 10.5 Å². The van der Waals surface area contributed by atoms with Crippen molar-refractivity contribution in [2.75, 3.05) is 0 Å². The minimum absolute atomic E-state index is 0.231. The highest BCUT2D eigenvalue weighted by Gasteiger charge is 2.26. The van der Waals surface area contributed by atoms with E-state index in [1.54, 1.807) is 6.08 Å². The molecule has 0 N–H and O–H groups in total. The summed E-state index contributed by atoms with van der Waals surface area (Å²) in [6.45, 7) is 6.71. The van der Waals surface area contributed by atoms with Gasteiger partial charge in [0.25, 0.3) is 0 Å². The van der Waals surface area contributed by atoms with Crippen LogP contribution < -0.4 is 0 Å². The van der Waals surface area contributed by atoms with Gasteiger partial charge in [-0.25, -0.2) is 0 Å². The van der Waals surface area contributed by atoms with E-state index in [2.05, 4.69) is 26.8 Å². The van der Waals surface area contributed by atoms with E-state index in [1.165, 1.54) is 5.57 Å². The molecule has 2 heteroatoms. The van der Waals surface area contributed by atoms with Gasteiger partial charge in [-0.05, 0) is 37.5 Å². The predicted octanol–water partition coefficient (Wildman–Crippen LogP) is 3.73. The van der Waals surface area contributed by atoms with Crippen molar-refractivity contribution in [2.24, 2.45) is 11.3 Å². The Morgan fingerprint density at radius 3 is 2.62 bits per heavy atom. The lowest BCUT2D eigenvalue weighted by atomic mass is 9.72. The van der Waals surface area contributed by atoms with Gasteiger partial charge in [-0.15, -0.1) is 0 Å². The molecule has 1 aliphatic carbocycles. The molecule has 1 unspecified atom stereocenters. The Morgan fingerprint density at radius 1 is 1.50 bits per heavy atom. The van der Waals surface area contributed by atoms with E-state index in [1.807, 2.05) is 12.1 Å². The third-order valence-electron chi connectivity index (χ3n) is 2.96. The van der Waals surface area contributed by atoms with Crippen molar-refractivity contribution in [3.63, 3.8) is 0 Å². The van der Waals surface area contributed by atoms with Crippen LogP contribution in [0.3, 0.4) is 0 Å². The minimum Gasteiger partial charge on any atom is -0.192 e. The third kappa shape index (κ3) is 3.55. The molecule has 0 aromatic heterocycles. The topological polar surface area (TPSA) is 47.6 Å². The molecule has 1 atom stereocenters. The quantitative estimate of drug-likeness (QED) is 0.519. The Balaban J connectivity index is 2.71. The van der Waals surface area contributed by atoms with Crippen molar-refractivity contribution >= 4 is 0 Å². The second-order valence-electron chi connectivity index (χ2n) is 5.40. The Labute approximate surface area is 97.9 Å². The summed E-state index contributed by atoms with van der Waals surface area (Å²) < 4.78 is 0. The Bertz CT molecular complexity index is 383. The Morgan fingerprint density at radius 2 is 2.12 bits per heavy atom. The van der Waals surface area contributed by atoms with Crippen LogP contribution in [-0.4, -0.2) is 0 Å². The summed E-state index contributed by atoms with van der Waals surface area (Å²) in [6.07, 6.45) is 7.13. The molecule has 16 heavy (non-hydrogen) atoms. The molecule has 0 fully saturated rings. The van der Waals surface area contributed by atoms with Crippen molar-refractivity contribution in [3.05, 3.63) is 23.3 Å². The molecule has 0 radical (unpaired) electrons. The zero-order chi connectivity index (χ0) is 12.2. The SMILES string of the molecule is CC1=CC(CC=C(C#N)C#N)CC(C)(C)C1. The third-order valence-corrected chi connectivity index (χ3v) is 2.96. The van der Waals surface area contributed by atoms with Crippen LogP contribution in [0.15, 0.2) is 23.3 Å². The molecule has 0 saturated heterocycles. The first-order chi connectivity index (χ1) is 7.46. The normalized spacial score (nSPS) is 22.6. The number of allylic oxidation sites excluding steroid dienone is 4. The molecule has 0 heterocycles. The first-order valence-electron chi connectivity index (χ1n) is 5.64. The molecule has 84 valence electrons. The van der Waals surface area contributed by atoms with Crippen LogP contribution in [-0.2, 0) is 0 Å². The molecular weight excluding hydrogens is 196 g/mol. The van der Waals surface area contributed by atoms with Crippen LogP contribution in [0.4, 0.5) is 0 Å². The van der Waals surface area contributed by atoms with Gasteiger partial charge in [-0.3, -0.25) is 0 Å². The van der Waals surface area contributed by atoms with Crippen molar-refractivity contribution in [1.82, 2.24) is 0 Å². The standard InChI is InChI=1S/C14H18N2/c1-11-6-12(8-14(2,3)7-11)4-5-13(9-15)10-16/h5-6,12H,4,7-8H2,1-3H3. The molecule has 2 nitrogen and oxygen atoms in total. The average Bonchev–Trinajstić information content (AvgIpc) is 2.16. The van der Waals surface area contributed by atoms with Crippen molar-refractivity contribution < 1.29 is 0 Å². The highest BCUT2D eigenvalue weighted by molar-refractivity contribution is 5.35. The lowest BCUT2D eigenvalue weighted by Crippen LogP contribution is -2.21. The van der Waals surface area contributed by atoms with Crippen molar-refractivity contribution in [2.45, 2.75) is 40.0 Å². The molecule has 1 rings (SSSR count). The molecule has 1 aliphatic rings. The summed E-state index contributed by atoms with van der Waals surface area (Å²) in [4.78, 5) is 0. The lowest BCUT2D eigenvalue weighted by Gasteiger charge is -2.33. The number of hydrogen-bond acceptors (Lipinski definition) is 2. The van der Waals surface area contributed by atoms with Crippen LogP contribution in [0.2, 0.25) is 0 Å². The van der Waals surface area contributed by atoms with Gasteiger partial charge in [0.05, 0.1) is 0 Å². The van der Waals surface area contributed by atoms with Crippen LogP contribution in [0, 0.1) is 34.0 Å². The average molecular weight is 214 g/mol. The van der Waals surface area contributed by atoms with Crippen molar-refractivity contribution in [3.8, 4) is 12.1 Å². The monoisotopic (exact) mass is 214 g/mol. The summed E-state index contributed by atoms with van der Waals surface area (Å²) in [5, 5.41) is 17.3. The second-order valence-corrected chi connectivity index (χ2v) is 5.40. The van der Waals surface area contributed by atoms with Crippen LogP contribution in [0.1, 0.15) is 40.0 Å². The fourth-order valence-electron chi connectivity index (χ4n) is 2.59. The Kier molecular flexibility index (Phi) is 3.91. The van der Waals surface area contributed by atoms with E-state index in [4.69, 9.17) is 10.5 Å². The Hall–Kier alpha value is -1.54. The van der Waals surface area contributed by atoms with Gasteiger partial charge in [0.1, 0.15) is 17.7 Å². The number of hydrogen-bond donors (Lipinski definition) is 0. The highest BCUT2D eigenvalue weighted by Crippen LogP contribution is 2.39. The van der Waals surface area contributed by atoms with Gasteiger partial charge in [0.15, 0.2) is 0 Å². The summed E-state index contributed by atoms with van der Waals surface area (Å²) in [6, 6.07) is 3.81. The van der Waals surface area contributed by atoms with E-state index >= 15 is 0 Å². The molecular formula is C14H18N2. The molecule has 0 spiro atoms. The molecule has 0 aromatic rings. The van der Waals surface area contributed by atoms with Crippen LogP contribution in [0.5, 0.6) is 0 Å². The summed E-state index contributed by atoms with van der Waals surface area (Å²) in [5.41, 5.74) is 2.00. The first-order valence-corrected chi connectivity index (χ1v) is 5.64. The van der Waals surface area contributed by atoms with E-state index < -0.39 is 0 Å².